The van der Waals surface area contributed by atoms with Crippen molar-refractivity contribution in [3.05, 3.63) is 0 Å². The molecule has 0 aromatic heterocycles. The molecule has 6 unspecified atom stereocenters. The van der Waals surface area contributed by atoms with Crippen molar-refractivity contribution >= 4 is 5.97 Å². The number of carbonyl (C=O) groups excluding carboxylic acids is 1. The minimum atomic E-state index is -1.24. The molecule has 5 saturated carbocycles. The van der Waals surface area contributed by atoms with Gasteiger partial charge in [-0.3, -0.25) is 4.79 Å². The van der Waals surface area contributed by atoms with Crippen LogP contribution in [0.5, 0.6) is 0 Å². The number of hydrogen-bond donors (Lipinski definition) is 4. The second-order valence-electron chi connectivity index (χ2n) is 17.4. The number of ether oxygens (including phenoxy) is 4. The minimum absolute atomic E-state index is 0.00675. The monoisotopic (exact) mass is 620 g/mol. The number of esters is 1. The van der Waals surface area contributed by atoms with Crippen LogP contribution in [0.3, 0.4) is 0 Å². The predicted octanol–water partition coefficient (Wildman–Crippen LogP) is 3.72. The van der Waals surface area contributed by atoms with Gasteiger partial charge in [-0.2, -0.15) is 0 Å². The van der Waals surface area contributed by atoms with E-state index in [1.54, 1.807) is 13.8 Å². The van der Waals surface area contributed by atoms with E-state index in [0.29, 0.717) is 24.7 Å². The Kier molecular flexibility index (Phi) is 7.47. The van der Waals surface area contributed by atoms with Crippen LogP contribution in [-0.4, -0.2) is 87.6 Å². The lowest BCUT2D eigenvalue weighted by molar-refractivity contribution is -0.264. The molecule has 250 valence electrons. The quantitative estimate of drug-likeness (QED) is 0.268. The fourth-order valence-electron chi connectivity index (χ4n) is 12.6. The zero-order chi connectivity index (χ0) is 31.6. The van der Waals surface area contributed by atoms with E-state index in [1.807, 2.05) is 0 Å². The largest absolute Gasteiger partial charge is 0.457 e. The van der Waals surface area contributed by atoms with Crippen LogP contribution in [0.1, 0.15) is 106 Å². The standard InChI is InChI=1S/C35H56O9/c1-18(36)42-30(32(4,5)40)23-9-7-20-29(43-23)28(39)27-19-8-10-24-31(2,3)25(44-26-15-21(37)22(38)16-41-26)11-12-35(24)17-34(19,35)14-13-33(20,27)6/h19-30,37-40H,7-17H2,1-6H3/t19-,20?,21+,22+,23+,24?,25-,26?,27?,28?,29-,30-,33?,34-,35+/m0/s1. The van der Waals surface area contributed by atoms with Crippen molar-refractivity contribution in [3.8, 4) is 0 Å². The van der Waals surface area contributed by atoms with Crippen molar-refractivity contribution in [2.24, 2.45) is 45.3 Å². The van der Waals surface area contributed by atoms with Gasteiger partial charge in [0.15, 0.2) is 12.4 Å². The second kappa shape index (κ2) is 10.3. The van der Waals surface area contributed by atoms with E-state index in [-0.39, 0.29) is 52.3 Å². The highest BCUT2D eigenvalue weighted by molar-refractivity contribution is 5.66. The lowest BCUT2D eigenvalue weighted by atomic mass is 9.46. The van der Waals surface area contributed by atoms with E-state index in [2.05, 4.69) is 20.8 Å². The molecule has 7 rings (SSSR count). The number of aliphatic hydroxyl groups excluding tert-OH is 3. The Bertz CT molecular complexity index is 1140. The molecule has 0 aromatic rings. The molecule has 0 amide bonds. The summed E-state index contributed by atoms with van der Waals surface area (Å²) < 4.78 is 24.6. The summed E-state index contributed by atoms with van der Waals surface area (Å²) in [4.78, 5) is 11.9. The van der Waals surface area contributed by atoms with Gasteiger partial charge in [0.1, 0.15) is 6.10 Å². The van der Waals surface area contributed by atoms with Crippen LogP contribution in [0, 0.1) is 45.3 Å². The topological polar surface area (TPSA) is 135 Å². The average Bonchev–Trinajstić information content (AvgIpc) is 3.55. The average molecular weight is 621 g/mol. The molecule has 0 bridgehead atoms. The van der Waals surface area contributed by atoms with Gasteiger partial charge in [0.2, 0.25) is 0 Å². The Morgan fingerprint density at radius 3 is 2.34 bits per heavy atom. The molecule has 7 aliphatic rings. The Morgan fingerprint density at radius 1 is 0.932 bits per heavy atom. The van der Waals surface area contributed by atoms with E-state index in [0.717, 1.165) is 38.5 Å². The van der Waals surface area contributed by atoms with E-state index in [9.17, 15) is 25.2 Å². The number of carbonyl (C=O) groups is 1. The summed E-state index contributed by atoms with van der Waals surface area (Å²) in [6, 6.07) is 0. The molecule has 9 nitrogen and oxygen atoms in total. The first-order valence-corrected chi connectivity index (χ1v) is 17.4. The van der Waals surface area contributed by atoms with Gasteiger partial charge in [0.05, 0.1) is 42.7 Å². The summed E-state index contributed by atoms with van der Waals surface area (Å²) in [5.41, 5.74) is -0.745. The molecule has 44 heavy (non-hydrogen) atoms. The molecular formula is C35H56O9. The Morgan fingerprint density at radius 2 is 1.66 bits per heavy atom. The van der Waals surface area contributed by atoms with Crippen LogP contribution in [0.25, 0.3) is 0 Å². The van der Waals surface area contributed by atoms with Gasteiger partial charge in [-0.15, -0.1) is 0 Å². The van der Waals surface area contributed by atoms with Gasteiger partial charge in [-0.05, 0) is 117 Å². The number of hydrogen-bond acceptors (Lipinski definition) is 9. The lowest BCUT2D eigenvalue weighted by Crippen LogP contribution is -2.56. The summed E-state index contributed by atoms with van der Waals surface area (Å²) in [6.45, 7) is 11.9. The highest BCUT2D eigenvalue weighted by atomic mass is 16.7. The molecule has 2 aliphatic heterocycles. The van der Waals surface area contributed by atoms with E-state index >= 15 is 0 Å². The number of fused-ring (bicyclic) bond motifs is 4. The highest BCUT2D eigenvalue weighted by Gasteiger charge is 2.81. The summed E-state index contributed by atoms with van der Waals surface area (Å²) in [5, 5.41) is 43.1. The van der Waals surface area contributed by atoms with Crippen molar-refractivity contribution in [2.45, 2.75) is 160 Å². The van der Waals surface area contributed by atoms with Crippen LogP contribution in [-0.2, 0) is 23.7 Å². The maximum absolute atomic E-state index is 12.1. The molecule has 2 saturated heterocycles. The van der Waals surface area contributed by atoms with Gasteiger partial charge >= 0.3 is 5.97 Å². The zero-order valence-electron chi connectivity index (χ0n) is 27.5. The van der Waals surface area contributed by atoms with Crippen molar-refractivity contribution in [2.75, 3.05) is 6.61 Å². The SMILES string of the molecule is CC(=O)O[C@@H]([C@H]1CCC2[C@H](O1)C(O)C1[C@@H]3CCC4C(C)(C)[C@@H](OC5C[C@@H](O)[C@H](O)CO5)CC[C@@]45C[C@@]35CCC21C)C(C)(C)O. The number of rotatable bonds is 5. The highest BCUT2D eigenvalue weighted by Crippen LogP contribution is 2.87. The number of aliphatic hydroxyl groups is 4. The van der Waals surface area contributed by atoms with Crippen LogP contribution in [0.15, 0.2) is 0 Å². The fourth-order valence-corrected chi connectivity index (χ4v) is 12.6. The molecule has 0 radical (unpaired) electrons. The summed E-state index contributed by atoms with van der Waals surface area (Å²) in [5.74, 6) is 1.00. The van der Waals surface area contributed by atoms with Crippen LogP contribution in [0.2, 0.25) is 0 Å². The maximum Gasteiger partial charge on any atom is 0.303 e. The van der Waals surface area contributed by atoms with Crippen LogP contribution in [0.4, 0.5) is 0 Å². The lowest BCUT2D eigenvalue weighted by Gasteiger charge is -2.60. The molecule has 2 spiro atoms. The molecule has 5 aliphatic carbocycles. The van der Waals surface area contributed by atoms with Crippen molar-refractivity contribution in [1.82, 2.24) is 0 Å². The Hall–Kier alpha value is -0.810. The van der Waals surface area contributed by atoms with Gasteiger partial charge in [0.25, 0.3) is 0 Å². The van der Waals surface area contributed by atoms with Crippen molar-refractivity contribution in [3.63, 3.8) is 0 Å². The van der Waals surface area contributed by atoms with Crippen LogP contribution >= 0.6 is 0 Å². The molecular weight excluding hydrogens is 564 g/mol. The Labute approximate surface area is 262 Å². The molecule has 15 atom stereocenters. The van der Waals surface area contributed by atoms with Gasteiger partial charge < -0.3 is 39.4 Å². The molecule has 7 fully saturated rings. The van der Waals surface area contributed by atoms with E-state index in [1.165, 1.54) is 19.8 Å². The molecule has 0 aromatic carbocycles. The minimum Gasteiger partial charge on any atom is -0.457 e. The molecule has 4 N–H and O–H groups in total. The van der Waals surface area contributed by atoms with Crippen LogP contribution < -0.4 is 0 Å². The second-order valence-corrected chi connectivity index (χ2v) is 17.4. The first-order valence-electron chi connectivity index (χ1n) is 17.4. The van der Waals surface area contributed by atoms with Gasteiger partial charge in [-0.25, -0.2) is 0 Å². The smallest absolute Gasteiger partial charge is 0.303 e. The summed E-state index contributed by atoms with van der Waals surface area (Å²) in [7, 11) is 0. The zero-order valence-corrected chi connectivity index (χ0v) is 27.5. The third-order valence-electron chi connectivity index (χ3n) is 14.5. The normalized spacial score (nSPS) is 53.3. The van der Waals surface area contributed by atoms with Crippen molar-refractivity contribution < 1.29 is 44.2 Å². The van der Waals surface area contributed by atoms with E-state index < -0.39 is 48.4 Å². The third kappa shape index (κ3) is 4.46. The Balaban J connectivity index is 1.09. The van der Waals surface area contributed by atoms with Crippen molar-refractivity contribution in [1.29, 1.82) is 0 Å². The molecule has 2 heterocycles. The first-order chi connectivity index (χ1) is 20.5. The first kappa shape index (κ1) is 31.8. The summed E-state index contributed by atoms with van der Waals surface area (Å²) >= 11 is 0. The maximum atomic E-state index is 12.1. The van der Waals surface area contributed by atoms with Gasteiger partial charge in [-0.1, -0.05) is 20.8 Å². The predicted molar refractivity (Wildman–Crippen MR) is 160 cm³/mol. The summed E-state index contributed by atoms with van der Waals surface area (Å²) in [6.07, 6.45) is 5.58. The molecule has 9 heteroatoms. The third-order valence-corrected chi connectivity index (χ3v) is 14.5. The fraction of sp³-hybridized carbons (Fsp3) is 0.971. The van der Waals surface area contributed by atoms with Gasteiger partial charge in [0, 0.05) is 13.3 Å². The van der Waals surface area contributed by atoms with E-state index in [4.69, 9.17) is 18.9 Å².